The topological polar surface area (TPSA) is 94.0 Å². The van der Waals surface area contributed by atoms with Crippen LogP contribution in [0.1, 0.15) is 21.5 Å². The molecule has 29 heavy (non-hydrogen) atoms. The van der Waals surface area contributed by atoms with Crippen LogP contribution in [0.25, 0.3) is 0 Å². The van der Waals surface area contributed by atoms with Crippen molar-refractivity contribution in [3.8, 4) is 0 Å². The lowest BCUT2D eigenvalue weighted by molar-refractivity contribution is 0.0827. The maximum atomic E-state index is 13.8. The maximum absolute atomic E-state index is 13.8. The molecule has 1 aromatic carbocycles. The van der Waals surface area contributed by atoms with Crippen LogP contribution in [-0.2, 0) is 6.54 Å². The van der Waals surface area contributed by atoms with E-state index in [0.29, 0.717) is 34.0 Å². The number of hydrogen-bond donors (Lipinski definition) is 3. The van der Waals surface area contributed by atoms with Crippen molar-refractivity contribution in [2.24, 2.45) is 0 Å². The largest absolute Gasteiger partial charge is 0.380 e. The molecule has 0 atom stereocenters. The van der Waals surface area contributed by atoms with E-state index in [9.17, 15) is 9.18 Å². The SMILES string of the molecule is CN(C)C(=O)c1ccc(Nc2cc(NCc3ccccc3F)c(C=N)cn2)nc1. The number of amides is 1. The summed E-state index contributed by atoms with van der Waals surface area (Å²) in [5, 5.41) is 13.8. The van der Waals surface area contributed by atoms with E-state index in [4.69, 9.17) is 5.41 Å². The van der Waals surface area contributed by atoms with E-state index < -0.39 is 0 Å². The number of carbonyl (C=O) groups is 1. The van der Waals surface area contributed by atoms with Gasteiger partial charge in [-0.1, -0.05) is 18.2 Å². The second-order valence-corrected chi connectivity index (χ2v) is 6.50. The third kappa shape index (κ3) is 4.92. The highest BCUT2D eigenvalue weighted by atomic mass is 19.1. The Morgan fingerprint density at radius 1 is 1.14 bits per heavy atom. The molecule has 8 heteroatoms. The lowest BCUT2D eigenvalue weighted by atomic mass is 10.2. The molecular weight excluding hydrogens is 371 g/mol. The van der Waals surface area contributed by atoms with Crippen LogP contribution in [0, 0.1) is 11.2 Å². The first-order valence-electron chi connectivity index (χ1n) is 8.90. The number of rotatable bonds is 7. The molecule has 2 aromatic heterocycles. The molecule has 0 aliphatic carbocycles. The number of nitrogens with zero attached hydrogens (tertiary/aromatic N) is 3. The molecule has 3 aromatic rings. The van der Waals surface area contributed by atoms with Gasteiger partial charge in [-0.05, 0) is 18.2 Å². The number of hydrogen-bond acceptors (Lipinski definition) is 6. The molecule has 0 spiro atoms. The van der Waals surface area contributed by atoms with Crippen molar-refractivity contribution in [3.05, 3.63) is 77.4 Å². The average molecular weight is 392 g/mol. The van der Waals surface area contributed by atoms with Crippen molar-refractivity contribution >= 4 is 29.4 Å². The Hall–Kier alpha value is -3.81. The molecular formula is C21H21FN6O. The molecule has 0 unspecified atom stereocenters. The molecule has 0 bridgehead atoms. The van der Waals surface area contributed by atoms with Gasteiger partial charge in [0, 0.05) is 62.1 Å². The third-order valence-electron chi connectivity index (χ3n) is 4.19. The van der Waals surface area contributed by atoms with Crippen molar-refractivity contribution in [2.45, 2.75) is 6.54 Å². The van der Waals surface area contributed by atoms with Gasteiger partial charge in [0.15, 0.2) is 0 Å². The Balaban J connectivity index is 1.75. The number of aromatic nitrogens is 2. The molecule has 3 N–H and O–H groups in total. The van der Waals surface area contributed by atoms with Crippen molar-refractivity contribution in [3.63, 3.8) is 0 Å². The second kappa shape index (κ2) is 8.92. The van der Waals surface area contributed by atoms with E-state index in [1.165, 1.54) is 23.4 Å². The molecule has 0 fully saturated rings. The van der Waals surface area contributed by atoms with Crippen LogP contribution in [0.15, 0.2) is 54.9 Å². The molecule has 0 aliphatic heterocycles. The first kappa shape index (κ1) is 19.9. The summed E-state index contributed by atoms with van der Waals surface area (Å²) in [6.07, 6.45) is 4.22. The summed E-state index contributed by atoms with van der Waals surface area (Å²) in [4.78, 5) is 21.9. The average Bonchev–Trinajstić information content (AvgIpc) is 2.73. The van der Waals surface area contributed by atoms with Gasteiger partial charge in [0.05, 0.1) is 5.56 Å². The van der Waals surface area contributed by atoms with Crippen LogP contribution in [0.5, 0.6) is 0 Å². The summed E-state index contributed by atoms with van der Waals surface area (Å²) in [6.45, 7) is 0.274. The summed E-state index contributed by atoms with van der Waals surface area (Å²) in [5.74, 6) is 0.610. The van der Waals surface area contributed by atoms with E-state index in [1.807, 2.05) is 0 Å². The van der Waals surface area contributed by atoms with Gasteiger partial charge in [0.1, 0.15) is 17.5 Å². The first-order valence-corrected chi connectivity index (χ1v) is 8.90. The number of benzene rings is 1. The minimum absolute atomic E-state index is 0.128. The highest BCUT2D eigenvalue weighted by Crippen LogP contribution is 2.21. The first-order chi connectivity index (χ1) is 14.0. The summed E-state index contributed by atoms with van der Waals surface area (Å²) >= 11 is 0. The standard InChI is InChI=1S/C21H21FN6O/c1-28(2)21(29)15-7-8-19(25-12-15)27-20-9-18(16(10-23)13-26-20)24-11-14-5-3-4-6-17(14)22/h3-10,12-13,23H,11H2,1-2H3,(H2,24,25,26,27). The number of nitrogens with one attached hydrogen (secondary N) is 3. The second-order valence-electron chi connectivity index (χ2n) is 6.50. The zero-order chi connectivity index (χ0) is 20.8. The van der Waals surface area contributed by atoms with E-state index in [0.717, 1.165) is 0 Å². The molecule has 2 heterocycles. The van der Waals surface area contributed by atoms with Gasteiger partial charge in [-0.3, -0.25) is 4.79 Å². The normalized spacial score (nSPS) is 10.3. The van der Waals surface area contributed by atoms with Crippen LogP contribution < -0.4 is 10.6 Å². The monoisotopic (exact) mass is 392 g/mol. The van der Waals surface area contributed by atoms with Crippen molar-refractivity contribution in [2.75, 3.05) is 24.7 Å². The molecule has 7 nitrogen and oxygen atoms in total. The Morgan fingerprint density at radius 3 is 2.55 bits per heavy atom. The van der Waals surface area contributed by atoms with Gasteiger partial charge >= 0.3 is 0 Å². The van der Waals surface area contributed by atoms with Crippen LogP contribution in [0.4, 0.5) is 21.7 Å². The van der Waals surface area contributed by atoms with E-state index in [2.05, 4.69) is 20.6 Å². The number of halogens is 1. The maximum Gasteiger partial charge on any atom is 0.254 e. The Morgan fingerprint density at radius 2 is 1.90 bits per heavy atom. The summed E-state index contributed by atoms with van der Waals surface area (Å²) in [7, 11) is 3.36. The Labute approximate surface area is 168 Å². The van der Waals surface area contributed by atoms with Gasteiger partial charge in [0.2, 0.25) is 0 Å². The molecule has 1 amide bonds. The number of anilines is 3. The highest BCUT2D eigenvalue weighted by molar-refractivity contribution is 5.93. The van der Waals surface area contributed by atoms with Gasteiger partial charge < -0.3 is 20.9 Å². The van der Waals surface area contributed by atoms with Gasteiger partial charge in [-0.15, -0.1) is 0 Å². The van der Waals surface area contributed by atoms with Crippen LogP contribution in [0.3, 0.4) is 0 Å². The fraction of sp³-hybridized carbons (Fsp3) is 0.143. The molecule has 0 saturated carbocycles. The van der Waals surface area contributed by atoms with Crippen molar-refractivity contribution < 1.29 is 9.18 Å². The summed E-state index contributed by atoms with van der Waals surface area (Å²) < 4.78 is 13.8. The number of carbonyl (C=O) groups excluding carboxylic acids is 1. The van der Waals surface area contributed by atoms with Gasteiger partial charge in [-0.2, -0.15) is 0 Å². The Bertz CT molecular complexity index is 1020. The smallest absolute Gasteiger partial charge is 0.254 e. The predicted molar refractivity (Wildman–Crippen MR) is 111 cm³/mol. The minimum Gasteiger partial charge on any atom is -0.380 e. The predicted octanol–water partition coefficient (Wildman–Crippen LogP) is 3.67. The van der Waals surface area contributed by atoms with Gasteiger partial charge in [0.25, 0.3) is 5.91 Å². The molecule has 0 saturated heterocycles. The lowest BCUT2D eigenvalue weighted by Crippen LogP contribution is -2.21. The quantitative estimate of drug-likeness (QED) is 0.534. The minimum atomic E-state index is -0.291. The number of pyridine rings is 2. The van der Waals surface area contributed by atoms with E-state index in [1.54, 1.807) is 56.7 Å². The Kier molecular flexibility index (Phi) is 6.13. The van der Waals surface area contributed by atoms with Crippen molar-refractivity contribution in [1.29, 1.82) is 5.41 Å². The molecule has 3 rings (SSSR count). The molecule has 0 aliphatic rings. The molecule has 0 radical (unpaired) electrons. The molecule has 148 valence electrons. The third-order valence-corrected chi connectivity index (χ3v) is 4.19. The summed E-state index contributed by atoms with van der Waals surface area (Å²) in [5.41, 5.74) is 2.23. The van der Waals surface area contributed by atoms with Crippen LogP contribution in [-0.4, -0.2) is 41.1 Å². The van der Waals surface area contributed by atoms with Crippen LogP contribution >= 0.6 is 0 Å². The van der Waals surface area contributed by atoms with E-state index >= 15 is 0 Å². The van der Waals surface area contributed by atoms with Crippen LogP contribution in [0.2, 0.25) is 0 Å². The highest BCUT2D eigenvalue weighted by Gasteiger charge is 2.09. The lowest BCUT2D eigenvalue weighted by Gasteiger charge is -2.13. The van der Waals surface area contributed by atoms with E-state index in [-0.39, 0.29) is 18.3 Å². The summed E-state index contributed by atoms with van der Waals surface area (Å²) in [6, 6.07) is 11.6. The fourth-order valence-electron chi connectivity index (χ4n) is 2.62. The zero-order valence-electron chi connectivity index (χ0n) is 16.1. The zero-order valence-corrected chi connectivity index (χ0v) is 16.1. The fourth-order valence-corrected chi connectivity index (χ4v) is 2.62. The van der Waals surface area contributed by atoms with Crippen molar-refractivity contribution in [1.82, 2.24) is 14.9 Å². The van der Waals surface area contributed by atoms with Gasteiger partial charge in [-0.25, -0.2) is 14.4 Å².